The SMILES string of the molecule is COC(=O)c1ccc(-c2nnc(-c3ccc(C)c(C)c3C)o2)cc1-n1c(C)ccc1C. The molecule has 4 rings (SSSR count). The first-order valence-corrected chi connectivity index (χ1v) is 10.1. The molecule has 0 unspecified atom stereocenters. The van der Waals surface area contributed by atoms with Crippen LogP contribution in [0.4, 0.5) is 0 Å². The highest BCUT2D eigenvalue weighted by Gasteiger charge is 2.20. The maximum Gasteiger partial charge on any atom is 0.339 e. The highest BCUT2D eigenvalue weighted by Crippen LogP contribution is 2.31. The van der Waals surface area contributed by atoms with Gasteiger partial charge in [0.25, 0.3) is 0 Å². The molecule has 31 heavy (non-hydrogen) atoms. The standard InChI is InChI=1S/C25H25N3O3/c1-14-7-11-20(18(5)17(14)4)24-27-26-23(31-24)19-10-12-21(25(29)30-6)22(13-19)28-15(2)8-9-16(28)3/h7-13H,1-6H3. The zero-order chi connectivity index (χ0) is 22.3. The lowest BCUT2D eigenvalue weighted by Crippen LogP contribution is -2.10. The third kappa shape index (κ3) is 3.54. The lowest BCUT2D eigenvalue weighted by Gasteiger charge is -2.14. The fourth-order valence-corrected chi connectivity index (χ4v) is 3.82. The Hall–Kier alpha value is -3.67. The van der Waals surface area contributed by atoms with Gasteiger partial charge in [-0.05, 0) is 87.7 Å². The molecule has 0 N–H and O–H groups in total. The predicted molar refractivity (Wildman–Crippen MR) is 120 cm³/mol. The van der Waals surface area contributed by atoms with Crippen molar-refractivity contribution in [2.75, 3.05) is 7.11 Å². The van der Waals surface area contributed by atoms with Gasteiger partial charge in [0.1, 0.15) is 0 Å². The Bertz CT molecular complexity index is 1280. The van der Waals surface area contributed by atoms with Crippen molar-refractivity contribution in [3.63, 3.8) is 0 Å². The second kappa shape index (κ2) is 7.87. The number of methoxy groups -OCH3 is 1. The molecule has 2 aromatic heterocycles. The van der Waals surface area contributed by atoms with Crippen LogP contribution in [0.25, 0.3) is 28.6 Å². The van der Waals surface area contributed by atoms with Crippen molar-refractivity contribution in [1.82, 2.24) is 14.8 Å². The molecule has 0 saturated carbocycles. The van der Waals surface area contributed by atoms with Gasteiger partial charge in [-0.3, -0.25) is 0 Å². The molecule has 2 heterocycles. The van der Waals surface area contributed by atoms with E-state index >= 15 is 0 Å². The highest BCUT2D eigenvalue weighted by atomic mass is 16.5. The summed E-state index contributed by atoms with van der Waals surface area (Å²) in [7, 11) is 1.38. The number of aryl methyl sites for hydroxylation is 3. The highest BCUT2D eigenvalue weighted by molar-refractivity contribution is 5.94. The third-order valence-corrected chi connectivity index (χ3v) is 5.88. The first-order valence-electron chi connectivity index (χ1n) is 10.1. The van der Waals surface area contributed by atoms with Crippen LogP contribution in [-0.2, 0) is 4.74 Å². The minimum atomic E-state index is -0.397. The summed E-state index contributed by atoms with van der Waals surface area (Å²) in [6, 6.07) is 13.5. The Morgan fingerprint density at radius 2 is 1.55 bits per heavy atom. The van der Waals surface area contributed by atoms with Crippen LogP contribution in [0.5, 0.6) is 0 Å². The molecule has 0 fully saturated rings. The van der Waals surface area contributed by atoms with Gasteiger partial charge in [0, 0.05) is 22.5 Å². The number of benzene rings is 2. The summed E-state index contributed by atoms with van der Waals surface area (Å²) in [5.74, 6) is 0.473. The third-order valence-electron chi connectivity index (χ3n) is 5.88. The Morgan fingerprint density at radius 1 is 0.871 bits per heavy atom. The van der Waals surface area contributed by atoms with Gasteiger partial charge < -0.3 is 13.7 Å². The predicted octanol–water partition coefficient (Wildman–Crippen LogP) is 5.52. The molecule has 4 aromatic rings. The van der Waals surface area contributed by atoms with Gasteiger partial charge in [0.15, 0.2) is 0 Å². The van der Waals surface area contributed by atoms with Gasteiger partial charge in [-0.2, -0.15) is 0 Å². The van der Waals surface area contributed by atoms with Crippen LogP contribution >= 0.6 is 0 Å². The average molecular weight is 415 g/mol. The number of rotatable bonds is 4. The Kier molecular flexibility index (Phi) is 5.23. The van der Waals surface area contributed by atoms with Crippen molar-refractivity contribution in [1.29, 1.82) is 0 Å². The molecule has 0 radical (unpaired) electrons. The lowest BCUT2D eigenvalue weighted by atomic mass is 9.99. The lowest BCUT2D eigenvalue weighted by molar-refractivity contribution is 0.0601. The Balaban J connectivity index is 1.83. The minimum Gasteiger partial charge on any atom is -0.465 e. The van der Waals surface area contributed by atoms with Crippen LogP contribution in [-0.4, -0.2) is 27.8 Å². The van der Waals surface area contributed by atoms with E-state index in [1.54, 1.807) is 12.1 Å². The maximum absolute atomic E-state index is 12.4. The molecule has 0 bridgehead atoms. The number of carbonyl (C=O) groups excluding carboxylic acids is 1. The summed E-state index contributed by atoms with van der Waals surface area (Å²) in [6.07, 6.45) is 0. The van der Waals surface area contributed by atoms with Crippen molar-refractivity contribution in [2.24, 2.45) is 0 Å². The molecule has 0 aliphatic heterocycles. The zero-order valence-electron chi connectivity index (χ0n) is 18.6. The largest absolute Gasteiger partial charge is 0.465 e. The molecule has 0 saturated heterocycles. The van der Waals surface area contributed by atoms with Gasteiger partial charge in [0.05, 0.1) is 18.4 Å². The van der Waals surface area contributed by atoms with E-state index in [2.05, 4.69) is 37.0 Å². The molecule has 6 nitrogen and oxygen atoms in total. The maximum atomic E-state index is 12.4. The van der Waals surface area contributed by atoms with E-state index in [-0.39, 0.29) is 0 Å². The van der Waals surface area contributed by atoms with Crippen LogP contribution in [0.1, 0.15) is 38.4 Å². The van der Waals surface area contributed by atoms with E-state index in [4.69, 9.17) is 9.15 Å². The van der Waals surface area contributed by atoms with Crippen molar-refractivity contribution < 1.29 is 13.9 Å². The normalized spacial score (nSPS) is 11.0. The summed E-state index contributed by atoms with van der Waals surface area (Å²) < 4.78 is 13.1. The summed E-state index contributed by atoms with van der Waals surface area (Å²) in [5, 5.41) is 8.56. The van der Waals surface area contributed by atoms with Crippen LogP contribution in [0, 0.1) is 34.6 Å². The Labute approximate surface area is 181 Å². The number of hydrogen-bond acceptors (Lipinski definition) is 5. The van der Waals surface area contributed by atoms with E-state index in [9.17, 15) is 4.79 Å². The molecule has 2 aromatic carbocycles. The number of aromatic nitrogens is 3. The minimum absolute atomic E-state index is 0.396. The van der Waals surface area contributed by atoms with Gasteiger partial charge >= 0.3 is 5.97 Å². The monoisotopic (exact) mass is 415 g/mol. The summed E-state index contributed by atoms with van der Waals surface area (Å²) >= 11 is 0. The van der Waals surface area contributed by atoms with Crippen molar-refractivity contribution in [2.45, 2.75) is 34.6 Å². The quantitative estimate of drug-likeness (QED) is 0.410. The van der Waals surface area contributed by atoms with Crippen molar-refractivity contribution in [3.05, 3.63) is 76.1 Å². The Morgan fingerprint density at radius 3 is 2.23 bits per heavy atom. The molecule has 158 valence electrons. The van der Waals surface area contributed by atoms with Crippen molar-refractivity contribution in [3.8, 4) is 28.6 Å². The summed E-state index contributed by atoms with van der Waals surface area (Å²) in [6.45, 7) is 10.2. The van der Waals surface area contributed by atoms with Gasteiger partial charge in [-0.15, -0.1) is 10.2 Å². The molecule has 0 amide bonds. The summed E-state index contributed by atoms with van der Waals surface area (Å²) in [4.78, 5) is 12.4. The smallest absolute Gasteiger partial charge is 0.339 e. The van der Waals surface area contributed by atoms with E-state index in [1.165, 1.54) is 18.2 Å². The number of ether oxygens (including phenoxy) is 1. The second-order valence-electron chi connectivity index (χ2n) is 7.77. The molecule has 6 heteroatoms. The fourth-order valence-electron chi connectivity index (χ4n) is 3.82. The molecule has 0 aliphatic rings. The van der Waals surface area contributed by atoms with E-state index in [1.807, 2.05) is 42.7 Å². The molecular weight excluding hydrogens is 390 g/mol. The van der Waals surface area contributed by atoms with E-state index < -0.39 is 5.97 Å². The van der Waals surface area contributed by atoms with E-state index in [0.29, 0.717) is 23.0 Å². The number of carbonyl (C=O) groups is 1. The van der Waals surface area contributed by atoms with Crippen LogP contribution in [0.3, 0.4) is 0 Å². The van der Waals surface area contributed by atoms with Crippen LogP contribution in [0.2, 0.25) is 0 Å². The summed E-state index contributed by atoms with van der Waals surface area (Å²) in [5.41, 5.74) is 8.41. The number of esters is 1. The van der Waals surface area contributed by atoms with Gasteiger partial charge in [-0.1, -0.05) is 6.07 Å². The van der Waals surface area contributed by atoms with Crippen LogP contribution < -0.4 is 0 Å². The molecule has 0 atom stereocenters. The average Bonchev–Trinajstić information content (AvgIpc) is 3.38. The fraction of sp³-hybridized carbons (Fsp3) is 0.240. The first kappa shape index (κ1) is 20.6. The number of hydrogen-bond donors (Lipinski definition) is 0. The zero-order valence-corrected chi connectivity index (χ0v) is 18.6. The molecular formula is C25H25N3O3. The topological polar surface area (TPSA) is 70.2 Å². The van der Waals surface area contributed by atoms with Crippen molar-refractivity contribution >= 4 is 5.97 Å². The molecule has 0 aliphatic carbocycles. The van der Waals surface area contributed by atoms with Crippen LogP contribution in [0.15, 0.2) is 46.9 Å². The van der Waals surface area contributed by atoms with E-state index in [0.717, 1.165) is 28.1 Å². The number of nitrogens with zero attached hydrogens (tertiary/aromatic N) is 3. The molecule has 0 spiro atoms. The second-order valence-corrected chi connectivity index (χ2v) is 7.77. The van der Waals surface area contributed by atoms with Gasteiger partial charge in [-0.25, -0.2) is 4.79 Å². The first-order chi connectivity index (χ1) is 14.8. The van der Waals surface area contributed by atoms with Gasteiger partial charge in [0.2, 0.25) is 11.8 Å².